The molecule has 0 fully saturated rings. The molecule has 0 unspecified atom stereocenters. The lowest BCUT2D eigenvalue weighted by atomic mass is 10.2. The zero-order chi connectivity index (χ0) is 14.4. The van der Waals surface area contributed by atoms with E-state index in [4.69, 9.17) is 15.7 Å². The average molecular weight is 269 g/mol. The molecule has 0 aromatic carbocycles. The SMILES string of the molecule is CO[C@@H](C)CNc1ncc(C(N)=NO)cc1[N+](=O)[O-]. The summed E-state index contributed by atoms with van der Waals surface area (Å²) in [7, 11) is 1.54. The van der Waals surface area contributed by atoms with Crippen LogP contribution in [0.15, 0.2) is 17.4 Å². The lowest BCUT2D eigenvalue weighted by molar-refractivity contribution is -0.384. The van der Waals surface area contributed by atoms with Crippen LogP contribution in [0.1, 0.15) is 12.5 Å². The van der Waals surface area contributed by atoms with Crippen molar-refractivity contribution in [3.05, 3.63) is 27.9 Å². The average Bonchev–Trinajstić information content (AvgIpc) is 2.43. The molecule has 0 aliphatic rings. The topological polar surface area (TPSA) is 136 Å². The number of nitro groups is 1. The van der Waals surface area contributed by atoms with Gasteiger partial charge in [0.15, 0.2) is 5.84 Å². The van der Waals surface area contributed by atoms with Crippen LogP contribution in [0.5, 0.6) is 0 Å². The Hall–Kier alpha value is -2.42. The van der Waals surface area contributed by atoms with E-state index >= 15 is 0 Å². The minimum Gasteiger partial charge on any atom is -0.409 e. The molecule has 1 heterocycles. The maximum atomic E-state index is 11.0. The number of oxime groups is 1. The first-order chi connectivity index (χ1) is 8.99. The molecule has 1 aromatic heterocycles. The lowest BCUT2D eigenvalue weighted by Gasteiger charge is -2.11. The van der Waals surface area contributed by atoms with E-state index in [1.807, 2.05) is 6.92 Å². The molecular formula is C10H15N5O4. The molecule has 0 aliphatic heterocycles. The molecule has 0 bridgehead atoms. The standard InChI is InChI=1S/C10H15N5O4/c1-6(19-2)4-12-10-8(15(17)18)3-7(5-13-10)9(11)14-16/h3,5-6,16H,4H2,1-2H3,(H2,11,14)(H,12,13)/t6-/m0/s1. The van der Waals surface area contributed by atoms with Crippen molar-refractivity contribution in [2.24, 2.45) is 10.9 Å². The highest BCUT2D eigenvalue weighted by atomic mass is 16.6. The number of anilines is 1. The molecule has 0 radical (unpaired) electrons. The van der Waals surface area contributed by atoms with Gasteiger partial charge in [0, 0.05) is 31.5 Å². The van der Waals surface area contributed by atoms with Crippen molar-refractivity contribution < 1.29 is 14.9 Å². The van der Waals surface area contributed by atoms with Crippen LogP contribution in [-0.2, 0) is 4.74 Å². The number of rotatable bonds is 6. The van der Waals surface area contributed by atoms with Gasteiger partial charge < -0.3 is 21.0 Å². The molecule has 9 heteroatoms. The third kappa shape index (κ3) is 3.78. The Morgan fingerprint density at radius 1 is 1.79 bits per heavy atom. The molecule has 4 N–H and O–H groups in total. The van der Waals surface area contributed by atoms with Crippen LogP contribution >= 0.6 is 0 Å². The summed E-state index contributed by atoms with van der Waals surface area (Å²) in [6.07, 6.45) is 1.16. The van der Waals surface area contributed by atoms with Gasteiger partial charge in [0.1, 0.15) is 0 Å². The van der Waals surface area contributed by atoms with Gasteiger partial charge in [-0.1, -0.05) is 5.16 Å². The maximum absolute atomic E-state index is 11.0. The van der Waals surface area contributed by atoms with Gasteiger partial charge in [-0.2, -0.15) is 0 Å². The fourth-order valence-corrected chi connectivity index (χ4v) is 1.25. The molecular weight excluding hydrogens is 254 g/mol. The summed E-state index contributed by atoms with van der Waals surface area (Å²) in [5.41, 5.74) is 5.26. The van der Waals surface area contributed by atoms with Gasteiger partial charge in [0.05, 0.1) is 11.0 Å². The first kappa shape index (κ1) is 14.6. The number of nitrogens with one attached hydrogen (secondary N) is 1. The number of ether oxygens (including phenoxy) is 1. The van der Waals surface area contributed by atoms with Crippen LogP contribution in [0, 0.1) is 10.1 Å². The predicted molar refractivity (Wildman–Crippen MR) is 68.4 cm³/mol. The molecule has 0 saturated carbocycles. The normalized spacial score (nSPS) is 13.1. The second-order valence-corrected chi connectivity index (χ2v) is 3.76. The predicted octanol–water partition coefficient (Wildman–Crippen LogP) is 0.531. The smallest absolute Gasteiger partial charge is 0.312 e. The monoisotopic (exact) mass is 269 g/mol. The highest BCUT2D eigenvalue weighted by molar-refractivity contribution is 5.97. The van der Waals surface area contributed by atoms with Crippen LogP contribution in [-0.4, -0.2) is 40.7 Å². The van der Waals surface area contributed by atoms with Gasteiger partial charge in [-0.05, 0) is 6.92 Å². The zero-order valence-electron chi connectivity index (χ0n) is 10.5. The molecule has 0 amide bonds. The van der Waals surface area contributed by atoms with Crippen molar-refractivity contribution in [3.8, 4) is 0 Å². The third-order valence-electron chi connectivity index (χ3n) is 2.43. The van der Waals surface area contributed by atoms with E-state index in [0.717, 1.165) is 0 Å². The summed E-state index contributed by atoms with van der Waals surface area (Å²) in [4.78, 5) is 14.2. The van der Waals surface area contributed by atoms with Crippen LogP contribution in [0.2, 0.25) is 0 Å². The van der Waals surface area contributed by atoms with Gasteiger partial charge in [0.2, 0.25) is 5.82 Å². The minimum atomic E-state index is -0.596. The van der Waals surface area contributed by atoms with Crippen molar-refractivity contribution in [1.82, 2.24) is 4.98 Å². The van der Waals surface area contributed by atoms with Crippen LogP contribution < -0.4 is 11.1 Å². The van der Waals surface area contributed by atoms with Gasteiger partial charge >= 0.3 is 5.69 Å². The molecule has 104 valence electrons. The fraction of sp³-hybridized carbons (Fsp3) is 0.400. The van der Waals surface area contributed by atoms with E-state index in [-0.39, 0.29) is 29.0 Å². The van der Waals surface area contributed by atoms with Gasteiger partial charge in [0.25, 0.3) is 0 Å². The Balaban J connectivity index is 3.02. The largest absolute Gasteiger partial charge is 0.409 e. The van der Waals surface area contributed by atoms with Gasteiger partial charge in [-0.15, -0.1) is 0 Å². The van der Waals surface area contributed by atoms with Crippen molar-refractivity contribution in [1.29, 1.82) is 0 Å². The number of aromatic nitrogens is 1. The minimum absolute atomic E-state index is 0.100. The summed E-state index contributed by atoms with van der Waals surface area (Å²) in [6.45, 7) is 2.18. The molecule has 19 heavy (non-hydrogen) atoms. The fourth-order valence-electron chi connectivity index (χ4n) is 1.25. The van der Waals surface area contributed by atoms with Crippen molar-refractivity contribution in [2.75, 3.05) is 19.0 Å². The van der Waals surface area contributed by atoms with Crippen LogP contribution in [0.25, 0.3) is 0 Å². The van der Waals surface area contributed by atoms with Crippen molar-refractivity contribution in [3.63, 3.8) is 0 Å². The summed E-state index contributed by atoms with van der Waals surface area (Å²) in [5.74, 6) is -0.143. The Morgan fingerprint density at radius 3 is 3.00 bits per heavy atom. The van der Waals surface area contributed by atoms with Crippen molar-refractivity contribution in [2.45, 2.75) is 13.0 Å². The second kappa shape index (κ2) is 6.50. The van der Waals surface area contributed by atoms with E-state index in [2.05, 4.69) is 15.5 Å². The van der Waals surface area contributed by atoms with E-state index in [9.17, 15) is 10.1 Å². The van der Waals surface area contributed by atoms with E-state index in [1.165, 1.54) is 19.4 Å². The highest BCUT2D eigenvalue weighted by Crippen LogP contribution is 2.22. The summed E-state index contributed by atoms with van der Waals surface area (Å²) in [6, 6.07) is 1.18. The van der Waals surface area contributed by atoms with Gasteiger partial charge in [-0.3, -0.25) is 10.1 Å². The van der Waals surface area contributed by atoms with Gasteiger partial charge in [-0.25, -0.2) is 4.98 Å². The van der Waals surface area contributed by atoms with Crippen molar-refractivity contribution >= 4 is 17.3 Å². The lowest BCUT2D eigenvalue weighted by Crippen LogP contribution is -2.20. The number of pyridine rings is 1. The molecule has 9 nitrogen and oxygen atoms in total. The Labute approximate surface area is 109 Å². The number of hydrogen-bond acceptors (Lipinski definition) is 7. The Bertz CT molecular complexity index is 491. The number of hydrogen-bond donors (Lipinski definition) is 3. The summed E-state index contributed by atoms with van der Waals surface area (Å²) >= 11 is 0. The first-order valence-electron chi connectivity index (χ1n) is 5.38. The quantitative estimate of drug-likeness (QED) is 0.225. The maximum Gasteiger partial charge on any atom is 0.312 e. The molecule has 1 aromatic rings. The first-order valence-corrected chi connectivity index (χ1v) is 5.38. The summed E-state index contributed by atoms with van der Waals surface area (Å²) < 4.78 is 5.02. The molecule has 1 atom stereocenters. The molecule has 0 saturated heterocycles. The van der Waals surface area contributed by atoms with Crippen LogP contribution in [0.3, 0.4) is 0 Å². The number of amidine groups is 1. The third-order valence-corrected chi connectivity index (χ3v) is 2.43. The highest BCUT2D eigenvalue weighted by Gasteiger charge is 2.18. The molecule has 1 rings (SSSR count). The van der Waals surface area contributed by atoms with E-state index < -0.39 is 4.92 Å². The molecule has 0 spiro atoms. The molecule has 0 aliphatic carbocycles. The van der Waals surface area contributed by atoms with E-state index in [0.29, 0.717) is 6.54 Å². The van der Waals surface area contributed by atoms with Crippen LogP contribution in [0.4, 0.5) is 11.5 Å². The number of nitrogens with zero attached hydrogens (tertiary/aromatic N) is 3. The number of nitrogens with two attached hydrogens (primary N) is 1. The number of methoxy groups -OCH3 is 1. The Morgan fingerprint density at radius 2 is 2.47 bits per heavy atom. The summed E-state index contributed by atoms with van der Waals surface area (Å²) in [5, 5.41) is 25.1. The second-order valence-electron chi connectivity index (χ2n) is 3.76. The van der Waals surface area contributed by atoms with E-state index in [1.54, 1.807) is 0 Å². The Kier molecular flexibility index (Phi) is 5.01. The zero-order valence-corrected chi connectivity index (χ0v) is 10.5.